The first-order chi connectivity index (χ1) is 24.8. The largest absolute Gasteiger partial charge is 0.306 e. The van der Waals surface area contributed by atoms with Crippen molar-refractivity contribution in [3.05, 3.63) is 170 Å². The van der Waals surface area contributed by atoms with Crippen LogP contribution in [-0.4, -0.2) is 19.1 Å². The lowest BCUT2D eigenvalue weighted by atomic mass is 10.00. The lowest BCUT2D eigenvalue weighted by Gasteiger charge is -2.13. The molecule has 50 heavy (non-hydrogen) atoms. The first-order valence-electron chi connectivity index (χ1n) is 17.0. The van der Waals surface area contributed by atoms with E-state index >= 15 is 0 Å². The number of para-hydroxylation sites is 1. The van der Waals surface area contributed by atoms with E-state index in [1.165, 1.54) is 43.1 Å². The van der Waals surface area contributed by atoms with Gasteiger partial charge in [0.2, 0.25) is 5.95 Å². The molecule has 11 rings (SSSR count). The van der Waals surface area contributed by atoms with Crippen molar-refractivity contribution in [3.8, 4) is 22.9 Å². The fraction of sp³-hybridized carbons (Fsp3) is 0. The molecule has 0 aliphatic carbocycles. The highest BCUT2D eigenvalue weighted by atomic mass is 15.2. The standard InChI is InChI=1S/C46H28N4/c1-3-16-32(17-4-1)43-45-44(42-36-22-12-9-15-31(36)25-28-39(42)49(45)33-18-5-2-6-19-33)48-46(47-43)50-37-26-23-29-13-7-10-20-34(29)40(37)41-35-21-11-8-14-30(35)24-27-38(41)50/h1-28H. The molecule has 0 amide bonds. The molecule has 8 aromatic carbocycles. The summed E-state index contributed by atoms with van der Waals surface area (Å²) >= 11 is 0. The summed E-state index contributed by atoms with van der Waals surface area (Å²) in [4.78, 5) is 11.2. The molecule has 0 N–H and O–H groups in total. The van der Waals surface area contributed by atoms with Crippen molar-refractivity contribution in [1.82, 2.24) is 19.1 Å². The van der Waals surface area contributed by atoms with Gasteiger partial charge < -0.3 is 4.57 Å². The molecule has 0 aliphatic heterocycles. The zero-order valence-corrected chi connectivity index (χ0v) is 27.0. The lowest BCUT2D eigenvalue weighted by Crippen LogP contribution is -2.05. The van der Waals surface area contributed by atoms with E-state index in [2.05, 4.69) is 179 Å². The van der Waals surface area contributed by atoms with Crippen LogP contribution in [0.5, 0.6) is 0 Å². The average Bonchev–Trinajstić information content (AvgIpc) is 3.72. The van der Waals surface area contributed by atoms with Crippen LogP contribution in [0.4, 0.5) is 0 Å². The van der Waals surface area contributed by atoms with Gasteiger partial charge in [-0.2, -0.15) is 0 Å². The molecule has 3 aromatic heterocycles. The van der Waals surface area contributed by atoms with E-state index in [1.807, 2.05) is 0 Å². The molecule has 0 bridgehead atoms. The Bertz CT molecular complexity index is 3040. The first-order valence-corrected chi connectivity index (χ1v) is 17.0. The number of benzene rings is 8. The molecule has 3 heterocycles. The van der Waals surface area contributed by atoms with Crippen LogP contribution < -0.4 is 0 Å². The highest BCUT2D eigenvalue weighted by Crippen LogP contribution is 2.43. The second-order valence-electron chi connectivity index (χ2n) is 13.0. The Morgan fingerprint density at radius 1 is 0.360 bits per heavy atom. The van der Waals surface area contributed by atoms with Gasteiger partial charge in [-0.1, -0.05) is 140 Å². The maximum absolute atomic E-state index is 5.62. The molecule has 0 saturated carbocycles. The van der Waals surface area contributed by atoms with Crippen LogP contribution in [-0.2, 0) is 0 Å². The minimum absolute atomic E-state index is 0.655. The van der Waals surface area contributed by atoms with Crippen molar-refractivity contribution in [1.29, 1.82) is 0 Å². The van der Waals surface area contributed by atoms with Gasteiger partial charge in [0.1, 0.15) is 11.2 Å². The number of nitrogens with zero attached hydrogens (tertiary/aromatic N) is 4. The number of aromatic nitrogens is 4. The highest BCUT2D eigenvalue weighted by Gasteiger charge is 2.25. The maximum Gasteiger partial charge on any atom is 0.235 e. The van der Waals surface area contributed by atoms with Crippen molar-refractivity contribution in [2.45, 2.75) is 0 Å². The van der Waals surface area contributed by atoms with Gasteiger partial charge in [-0.05, 0) is 62.6 Å². The molecule has 0 aliphatic rings. The summed E-state index contributed by atoms with van der Waals surface area (Å²) in [6, 6.07) is 60.5. The second kappa shape index (κ2) is 10.4. The zero-order valence-electron chi connectivity index (χ0n) is 27.0. The number of hydrogen-bond acceptors (Lipinski definition) is 2. The summed E-state index contributed by atoms with van der Waals surface area (Å²) in [5, 5.41) is 10.8. The normalized spacial score (nSPS) is 12.0. The van der Waals surface area contributed by atoms with Crippen LogP contribution in [0, 0.1) is 0 Å². The van der Waals surface area contributed by atoms with Gasteiger partial charge in [0.05, 0.1) is 22.1 Å². The van der Waals surface area contributed by atoms with E-state index in [0.29, 0.717) is 5.95 Å². The summed E-state index contributed by atoms with van der Waals surface area (Å²) in [5.41, 5.74) is 8.22. The Kier molecular flexibility index (Phi) is 5.63. The Morgan fingerprint density at radius 2 is 0.820 bits per heavy atom. The van der Waals surface area contributed by atoms with Crippen molar-refractivity contribution in [2.24, 2.45) is 0 Å². The van der Waals surface area contributed by atoms with Crippen LogP contribution in [0.3, 0.4) is 0 Å². The molecule has 4 heteroatoms. The highest BCUT2D eigenvalue weighted by molar-refractivity contribution is 6.28. The average molecular weight is 637 g/mol. The third kappa shape index (κ3) is 3.76. The SMILES string of the molecule is c1ccc(-c2nc(-n3c4ccc5ccccc5c4c4c5ccccc5ccc43)nc3c4c5ccccc5ccc4n(-c4ccccc4)c23)cc1. The van der Waals surface area contributed by atoms with E-state index in [-0.39, 0.29) is 0 Å². The van der Waals surface area contributed by atoms with Crippen LogP contribution >= 0.6 is 0 Å². The van der Waals surface area contributed by atoms with Gasteiger partial charge in [0.25, 0.3) is 0 Å². The van der Waals surface area contributed by atoms with Crippen LogP contribution in [0.2, 0.25) is 0 Å². The predicted octanol–water partition coefficient (Wildman–Crippen LogP) is 11.8. The molecule has 232 valence electrons. The molecule has 0 fully saturated rings. The molecule has 0 unspecified atom stereocenters. The van der Waals surface area contributed by atoms with Gasteiger partial charge in [-0.3, -0.25) is 4.57 Å². The molecular formula is C46H28N4. The van der Waals surface area contributed by atoms with E-state index in [1.54, 1.807) is 0 Å². The third-order valence-corrected chi connectivity index (χ3v) is 10.3. The summed E-state index contributed by atoms with van der Waals surface area (Å²) in [7, 11) is 0. The Labute approximate surface area is 287 Å². The predicted molar refractivity (Wildman–Crippen MR) is 209 cm³/mol. The Hall–Kier alpha value is -6.78. The van der Waals surface area contributed by atoms with Crippen molar-refractivity contribution >= 4 is 76.1 Å². The quantitative estimate of drug-likeness (QED) is 0.193. The Balaban J connectivity index is 1.38. The summed E-state index contributed by atoms with van der Waals surface area (Å²) in [6.07, 6.45) is 0. The molecule has 4 nitrogen and oxygen atoms in total. The van der Waals surface area contributed by atoms with Gasteiger partial charge in [-0.15, -0.1) is 0 Å². The van der Waals surface area contributed by atoms with Crippen LogP contribution in [0.1, 0.15) is 0 Å². The third-order valence-electron chi connectivity index (χ3n) is 10.3. The Morgan fingerprint density at radius 3 is 1.38 bits per heavy atom. The van der Waals surface area contributed by atoms with Gasteiger partial charge >= 0.3 is 0 Å². The zero-order chi connectivity index (χ0) is 32.8. The van der Waals surface area contributed by atoms with Gasteiger partial charge in [-0.25, -0.2) is 9.97 Å². The molecule has 0 atom stereocenters. The van der Waals surface area contributed by atoms with E-state index in [0.717, 1.165) is 49.9 Å². The van der Waals surface area contributed by atoms with Crippen molar-refractivity contribution < 1.29 is 0 Å². The van der Waals surface area contributed by atoms with Crippen molar-refractivity contribution in [3.63, 3.8) is 0 Å². The summed E-state index contributed by atoms with van der Waals surface area (Å²) in [6.45, 7) is 0. The fourth-order valence-electron chi connectivity index (χ4n) is 8.15. The maximum atomic E-state index is 5.62. The second-order valence-corrected chi connectivity index (χ2v) is 13.0. The van der Waals surface area contributed by atoms with Gasteiger partial charge in [0.15, 0.2) is 0 Å². The van der Waals surface area contributed by atoms with Crippen LogP contribution in [0.15, 0.2) is 170 Å². The van der Waals surface area contributed by atoms with Crippen molar-refractivity contribution in [2.75, 3.05) is 0 Å². The lowest BCUT2D eigenvalue weighted by molar-refractivity contribution is 1.01. The first kappa shape index (κ1) is 27.2. The van der Waals surface area contributed by atoms with E-state index < -0.39 is 0 Å². The van der Waals surface area contributed by atoms with E-state index in [4.69, 9.17) is 9.97 Å². The monoisotopic (exact) mass is 636 g/mol. The molecule has 0 saturated heterocycles. The topological polar surface area (TPSA) is 35.6 Å². The molecule has 0 radical (unpaired) electrons. The molecular weight excluding hydrogens is 609 g/mol. The smallest absolute Gasteiger partial charge is 0.235 e. The molecule has 0 spiro atoms. The van der Waals surface area contributed by atoms with Crippen LogP contribution in [0.25, 0.3) is 99.0 Å². The number of rotatable bonds is 3. The minimum Gasteiger partial charge on any atom is -0.306 e. The minimum atomic E-state index is 0.655. The fourth-order valence-corrected chi connectivity index (χ4v) is 8.15. The summed E-state index contributed by atoms with van der Waals surface area (Å²) < 4.78 is 4.63. The van der Waals surface area contributed by atoms with E-state index in [9.17, 15) is 0 Å². The summed E-state index contributed by atoms with van der Waals surface area (Å²) in [5.74, 6) is 0.655. The van der Waals surface area contributed by atoms with Gasteiger partial charge in [0, 0.05) is 27.4 Å². The molecule has 11 aromatic rings. The number of fused-ring (bicyclic) bond motifs is 12. The number of hydrogen-bond donors (Lipinski definition) is 0.